The fourth-order valence-corrected chi connectivity index (χ4v) is 4.27. The molecule has 0 fully saturated rings. The number of hydrogen-bond acceptors (Lipinski definition) is 5. The van der Waals surface area contributed by atoms with Crippen molar-refractivity contribution in [1.82, 2.24) is 19.7 Å². The molecule has 0 bridgehead atoms. The van der Waals surface area contributed by atoms with Gasteiger partial charge in [0.05, 0.1) is 11.2 Å². The topological polar surface area (TPSA) is 86.7 Å². The van der Waals surface area contributed by atoms with Crippen LogP contribution in [-0.4, -0.2) is 31.4 Å². The molecule has 1 amide bonds. The molecule has 6 nitrogen and oxygen atoms in total. The first-order chi connectivity index (χ1) is 15.1. The summed E-state index contributed by atoms with van der Waals surface area (Å²) in [5, 5.41) is 10.6. The van der Waals surface area contributed by atoms with E-state index in [9.17, 15) is 4.79 Å². The summed E-state index contributed by atoms with van der Waals surface area (Å²) in [6.45, 7) is 6.50. The summed E-state index contributed by atoms with van der Waals surface area (Å²) in [5.41, 5.74) is 10.3. The van der Waals surface area contributed by atoms with E-state index >= 15 is 0 Å². The van der Waals surface area contributed by atoms with Crippen LogP contribution >= 0.6 is 11.8 Å². The summed E-state index contributed by atoms with van der Waals surface area (Å²) >= 11 is 1.46. The average molecular weight is 430 g/mol. The summed E-state index contributed by atoms with van der Waals surface area (Å²) in [7, 11) is 0. The van der Waals surface area contributed by atoms with Crippen molar-refractivity contribution in [2.75, 3.05) is 5.75 Å². The normalized spacial score (nSPS) is 11.0. The van der Waals surface area contributed by atoms with E-state index in [0.29, 0.717) is 12.3 Å². The van der Waals surface area contributed by atoms with Crippen molar-refractivity contribution in [3.05, 3.63) is 72.8 Å². The Labute approximate surface area is 185 Å². The Kier molecular flexibility index (Phi) is 6.13. The van der Waals surface area contributed by atoms with Crippen LogP contribution in [-0.2, 0) is 11.3 Å². The van der Waals surface area contributed by atoms with Crippen LogP contribution in [0.5, 0.6) is 0 Å². The molecule has 2 aromatic heterocycles. The van der Waals surface area contributed by atoms with E-state index in [2.05, 4.69) is 54.0 Å². The summed E-state index contributed by atoms with van der Waals surface area (Å²) in [6, 6.07) is 18.4. The monoisotopic (exact) mass is 429 g/mol. The number of aryl methyl sites for hydroxylation is 1. The molecule has 156 valence electrons. The molecule has 0 saturated heterocycles. The zero-order valence-electron chi connectivity index (χ0n) is 17.3. The van der Waals surface area contributed by atoms with Gasteiger partial charge in [0.2, 0.25) is 5.91 Å². The van der Waals surface area contributed by atoms with Gasteiger partial charge in [-0.25, -0.2) is 4.98 Å². The lowest BCUT2D eigenvalue weighted by molar-refractivity contribution is -0.117. The smallest absolute Gasteiger partial charge is 0.218 e. The third-order valence-electron chi connectivity index (χ3n) is 4.91. The molecule has 0 aliphatic heterocycles. The van der Waals surface area contributed by atoms with Crippen LogP contribution in [0.4, 0.5) is 0 Å². The van der Waals surface area contributed by atoms with Gasteiger partial charge < -0.3 is 5.73 Å². The van der Waals surface area contributed by atoms with E-state index in [-0.39, 0.29) is 12.3 Å². The minimum absolute atomic E-state index is 0.288. The van der Waals surface area contributed by atoms with Crippen molar-refractivity contribution < 1.29 is 4.79 Å². The Morgan fingerprint density at radius 2 is 1.94 bits per heavy atom. The highest BCUT2D eigenvalue weighted by molar-refractivity contribution is 7.99. The molecule has 4 rings (SSSR count). The molecule has 2 heterocycles. The molecule has 2 aromatic carbocycles. The summed E-state index contributed by atoms with van der Waals surface area (Å²) in [6.07, 6.45) is 2.10. The fourth-order valence-electron chi connectivity index (χ4n) is 3.36. The van der Waals surface area contributed by atoms with Crippen molar-refractivity contribution in [2.24, 2.45) is 5.73 Å². The molecule has 0 aliphatic carbocycles. The predicted molar refractivity (Wildman–Crippen MR) is 126 cm³/mol. The van der Waals surface area contributed by atoms with Gasteiger partial charge in [-0.2, -0.15) is 0 Å². The van der Waals surface area contributed by atoms with Crippen LogP contribution in [0.2, 0.25) is 0 Å². The Bertz CT molecular complexity index is 1250. The number of carbonyl (C=O) groups excluding carboxylic acids is 1. The molecular formula is C24H23N5OS. The van der Waals surface area contributed by atoms with Crippen LogP contribution in [0, 0.1) is 6.92 Å². The van der Waals surface area contributed by atoms with Crippen molar-refractivity contribution in [2.45, 2.75) is 25.0 Å². The number of benzene rings is 2. The number of amides is 1. The summed E-state index contributed by atoms with van der Waals surface area (Å²) in [4.78, 5) is 16.0. The third-order valence-corrected chi connectivity index (χ3v) is 5.88. The van der Waals surface area contributed by atoms with E-state index < -0.39 is 0 Å². The molecule has 0 spiro atoms. The van der Waals surface area contributed by atoms with Gasteiger partial charge >= 0.3 is 0 Å². The number of hydrogen-bond donors (Lipinski definition) is 1. The Balaban J connectivity index is 1.85. The molecule has 0 unspecified atom stereocenters. The number of para-hydroxylation sites is 1. The van der Waals surface area contributed by atoms with Gasteiger partial charge in [-0.05, 0) is 19.1 Å². The van der Waals surface area contributed by atoms with E-state index in [4.69, 9.17) is 10.7 Å². The highest BCUT2D eigenvalue weighted by Gasteiger charge is 2.18. The molecule has 31 heavy (non-hydrogen) atoms. The first kappa shape index (κ1) is 20.8. The fraction of sp³-hybridized carbons (Fsp3) is 0.167. The lowest BCUT2D eigenvalue weighted by Crippen LogP contribution is -2.11. The standard InChI is InChI=1S/C24H23N5OS/c1-3-13-29-23(27-28-24(29)31-14-12-22(25)30)19-15-21(17-10-8-16(2)9-11-17)26-20-7-5-4-6-18(19)20/h3-11,15H,1,12-14H2,2H3,(H2,25,30). The van der Waals surface area contributed by atoms with E-state index in [1.165, 1.54) is 17.3 Å². The lowest BCUT2D eigenvalue weighted by Gasteiger charge is -2.12. The van der Waals surface area contributed by atoms with Crippen molar-refractivity contribution in [3.63, 3.8) is 0 Å². The van der Waals surface area contributed by atoms with Gasteiger partial charge in [-0.1, -0.05) is 65.9 Å². The van der Waals surface area contributed by atoms with Crippen LogP contribution in [0.1, 0.15) is 12.0 Å². The molecule has 0 atom stereocenters. The molecule has 0 aliphatic rings. The number of thioether (sulfide) groups is 1. The Morgan fingerprint density at radius 1 is 1.16 bits per heavy atom. The number of fused-ring (bicyclic) bond motifs is 1. The zero-order valence-corrected chi connectivity index (χ0v) is 18.1. The largest absolute Gasteiger partial charge is 0.370 e. The third kappa shape index (κ3) is 4.51. The van der Waals surface area contributed by atoms with Crippen LogP contribution in [0.3, 0.4) is 0 Å². The quantitative estimate of drug-likeness (QED) is 0.326. The number of carbonyl (C=O) groups is 1. The van der Waals surface area contributed by atoms with Crippen LogP contribution in [0.25, 0.3) is 33.5 Å². The Hall–Kier alpha value is -3.45. The maximum Gasteiger partial charge on any atom is 0.218 e. The first-order valence-corrected chi connectivity index (χ1v) is 11.0. The van der Waals surface area contributed by atoms with Crippen molar-refractivity contribution in [1.29, 1.82) is 0 Å². The van der Waals surface area contributed by atoms with E-state index in [1.807, 2.05) is 34.9 Å². The molecule has 0 saturated carbocycles. The molecule has 2 N–H and O–H groups in total. The van der Waals surface area contributed by atoms with Gasteiger partial charge in [-0.3, -0.25) is 9.36 Å². The van der Waals surface area contributed by atoms with Gasteiger partial charge in [-0.15, -0.1) is 16.8 Å². The zero-order chi connectivity index (χ0) is 21.8. The number of primary amides is 1. The molecule has 4 aromatic rings. The molecule has 7 heteroatoms. The van der Waals surface area contributed by atoms with Gasteiger partial charge in [0.25, 0.3) is 0 Å². The highest BCUT2D eigenvalue weighted by atomic mass is 32.2. The maximum atomic E-state index is 11.1. The average Bonchev–Trinajstić information content (AvgIpc) is 3.16. The maximum absolute atomic E-state index is 11.1. The number of nitrogens with two attached hydrogens (primary N) is 1. The van der Waals surface area contributed by atoms with E-state index in [0.717, 1.165) is 38.7 Å². The first-order valence-electron chi connectivity index (χ1n) is 9.99. The SMILES string of the molecule is C=CCn1c(SCCC(N)=O)nnc1-c1cc(-c2ccc(C)cc2)nc2ccccc12. The highest BCUT2D eigenvalue weighted by Crippen LogP contribution is 2.33. The second-order valence-corrected chi connectivity index (χ2v) is 8.27. The number of rotatable bonds is 8. The van der Waals surface area contributed by atoms with Crippen molar-refractivity contribution >= 4 is 28.6 Å². The molecular weight excluding hydrogens is 406 g/mol. The van der Waals surface area contributed by atoms with Gasteiger partial charge in [0.15, 0.2) is 11.0 Å². The van der Waals surface area contributed by atoms with Gasteiger partial charge in [0.1, 0.15) is 0 Å². The number of nitrogens with zero attached hydrogens (tertiary/aromatic N) is 4. The lowest BCUT2D eigenvalue weighted by atomic mass is 10.0. The Morgan fingerprint density at radius 3 is 2.68 bits per heavy atom. The number of aromatic nitrogens is 4. The minimum Gasteiger partial charge on any atom is -0.370 e. The number of allylic oxidation sites excluding steroid dienone is 1. The van der Waals surface area contributed by atoms with E-state index in [1.54, 1.807) is 0 Å². The molecule has 0 radical (unpaired) electrons. The minimum atomic E-state index is -0.328. The second kappa shape index (κ2) is 9.14. The van der Waals surface area contributed by atoms with Gasteiger partial charge in [0, 0.05) is 35.2 Å². The second-order valence-electron chi connectivity index (χ2n) is 7.21. The number of pyridine rings is 1. The summed E-state index contributed by atoms with van der Waals surface area (Å²) in [5.74, 6) is 0.967. The van der Waals surface area contributed by atoms with Crippen LogP contribution < -0.4 is 5.73 Å². The van der Waals surface area contributed by atoms with Crippen LogP contribution in [0.15, 0.2) is 72.4 Å². The van der Waals surface area contributed by atoms with Crippen molar-refractivity contribution in [3.8, 4) is 22.6 Å². The predicted octanol–water partition coefficient (Wildman–Crippen LogP) is 4.62. The summed E-state index contributed by atoms with van der Waals surface area (Å²) < 4.78 is 2.01.